The number of nitrogens with zero attached hydrogens (tertiary/aromatic N) is 1. The molecule has 0 fully saturated rings. The maximum absolute atomic E-state index is 12.1. The molecule has 0 saturated heterocycles. The van der Waals surface area contributed by atoms with E-state index in [0.717, 1.165) is 16.9 Å². The Hall–Kier alpha value is -1.56. The monoisotopic (exact) mass is 311 g/mol. The van der Waals surface area contributed by atoms with Gasteiger partial charge < -0.3 is 14.4 Å². The van der Waals surface area contributed by atoms with E-state index in [-0.39, 0.29) is 12.1 Å². The van der Waals surface area contributed by atoms with Gasteiger partial charge >= 0.3 is 12.1 Å². The van der Waals surface area contributed by atoms with Crippen LogP contribution in [0, 0.1) is 0 Å². The highest BCUT2D eigenvalue weighted by Crippen LogP contribution is 2.30. The number of ether oxygens (including phenoxy) is 2. The van der Waals surface area contributed by atoms with Gasteiger partial charge in [0.2, 0.25) is 0 Å². The fraction of sp³-hybridized carbons (Fsp3) is 0.600. The fourth-order valence-electron chi connectivity index (χ4n) is 2.17. The first kappa shape index (κ1) is 15.8. The average molecular weight is 311 g/mol. The van der Waals surface area contributed by atoms with Crippen molar-refractivity contribution in [2.24, 2.45) is 0 Å². The summed E-state index contributed by atoms with van der Waals surface area (Å²) in [6.07, 6.45) is 0.410. The fourth-order valence-corrected chi connectivity index (χ4v) is 3.20. The molecule has 0 bridgehead atoms. The molecular weight excluding hydrogens is 290 g/mol. The van der Waals surface area contributed by atoms with Crippen molar-refractivity contribution in [3.8, 4) is 0 Å². The Morgan fingerprint density at radius 1 is 1.38 bits per heavy atom. The molecule has 1 aliphatic heterocycles. The Labute approximate surface area is 128 Å². The number of hydrogen-bond donors (Lipinski definition) is 0. The summed E-state index contributed by atoms with van der Waals surface area (Å²) in [5, 5.41) is 1.82. The molecule has 1 aliphatic rings. The predicted octanol–water partition coefficient (Wildman–Crippen LogP) is 3.22. The van der Waals surface area contributed by atoms with Crippen LogP contribution in [0.25, 0.3) is 0 Å². The lowest BCUT2D eigenvalue weighted by Gasteiger charge is -2.30. The van der Waals surface area contributed by atoms with Crippen LogP contribution in [-0.2, 0) is 22.4 Å². The minimum absolute atomic E-state index is 0.318. The average Bonchev–Trinajstić information content (AvgIpc) is 2.79. The van der Waals surface area contributed by atoms with Gasteiger partial charge in [-0.3, -0.25) is 0 Å². The lowest BCUT2D eigenvalue weighted by Crippen LogP contribution is -2.39. The van der Waals surface area contributed by atoms with Gasteiger partial charge in [0.15, 0.2) is 0 Å². The van der Waals surface area contributed by atoms with Crippen LogP contribution in [0.5, 0.6) is 0 Å². The van der Waals surface area contributed by atoms with Crippen LogP contribution < -0.4 is 0 Å². The lowest BCUT2D eigenvalue weighted by atomic mass is 10.1. The largest absolute Gasteiger partial charge is 0.462 e. The third kappa shape index (κ3) is 3.75. The first-order valence-corrected chi connectivity index (χ1v) is 7.94. The van der Waals surface area contributed by atoms with Crippen LogP contribution in [0.3, 0.4) is 0 Å². The molecule has 1 aromatic rings. The number of rotatable bonds is 2. The summed E-state index contributed by atoms with van der Waals surface area (Å²) in [6.45, 7) is 8.67. The highest BCUT2D eigenvalue weighted by atomic mass is 32.1. The third-order valence-electron chi connectivity index (χ3n) is 3.09. The topological polar surface area (TPSA) is 55.8 Å². The molecule has 0 aromatic carbocycles. The van der Waals surface area contributed by atoms with E-state index in [1.165, 1.54) is 0 Å². The molecule has 21 heavy (non-hydrogen) atoms. The summed E-state index contributed by atoms with van der Waals surface area (Å²) < 4.78 is 10.5. The van der Waals surface area contributed by atoms with Crippen molar-refractivity contribution < 1.29 is 19.1 Å². The number of amides is 1. The summed E-state index contributed by atoms with van der Waals surface area (Å²) in [7, 11) is 0. The number of esters is 1. The molecule has 2 rings (SSSR count). The van der Waals surface area contributed by atoms with Gasteiger partial charge in [0.1, 0.15) is 5.60 Å². The second-order valence-electron chi connectivity index (χ2n) is 5.92. The quantitative estimate of drug-likeness (QED) is 0.787. The smallest absolute Gasteiger partial charge is 0.410 e. The Bertz CT molecular complexity index is 544. The molecule has 0 radical (unpaired) electrons. The molecule has 116 valence electrons. The van der Waals surface area contributed by atoms with Gasteiger partial charge in [0, 0.05) is 22.4 Å². The van der Waals surface area contributed by atoms with Crippen LogP contribution in [0.4, 0.5) is 4.79 Å². The molecule has 0 unspecified atom stereocenters. The second-order valence-corrected chi connectivity index (χ2v) is 6.89. The molecule has 2 heterocycles. The highest BCUT2D eigenvalue weighted by molar-refractivity contribution is 7.10. The third-order valence-corrected chi connectivity index (χ3v) is 4.17. The van der Waals surface area contributed by atoms with E-state index in [0.29, 0.717) is 25.3 Å². The number of hydrogen-bond acceptors (Lipinski definition) is 5. The molecule has 1 aromatic heterocycles. The Balaban J connectivity index is 2.14. The SMILES string of the molecule is CCOC(=O)c1csc2c1CN(C(=O)OC(C)(C)C)CC2. The van der Waals surface area contributed by atoms with Gasteiger partial charge in [-0.2, -0.15) is 0 Å². The van der Waals surface area contributed by atoms with Crippen molar-refractivity contribution in [1.82, 2.24) is 4.90 Å². The van der Waals surface area contributed by atoms with Gasteiger partial charge in [0.05, 0.1) is 18.7 Å². The normalized spacial score (nSPS) is 14.6. The molecule has 0 atom stereocenters. The summed E-state index contributed by atoms with van der Waals surface area (Å²) in [5.41, 5.74) is 0.955. The van der Waals surface area contributed by atoms with E-state index < -0.39 is 5.60 Å². The molecule has 1 amide bonds. The van der Waals surface area contributed by atoms with Crippen molar-refractivity contribution in [2.45, 2.75) is 46.3 Å². The van der Waals surface area contributed by atoms with Crippen LogP contribution in [0.2, 0.25) is 0 Å². The van der Waals surface area contributed by atoms with E-state index in [4.69, 9.17) is 9.47 Å². The van der Waals surface area contributed by atoms with E-state index in [1.807, 2.05) is 26.2 Å². The Kier molecular flexibility index (Phi) is 4.56. The maximum Gasteiger partial charge on any atom is 0.410 e. The minimum atomic E-state index is -0.518. The van der Waals surface area contributed by atoms with Crippen LogP contribution in [0.15, 0.2) is 5.38 Å². The van der Waals surface area contributed by atoms with E-state index in [9.17, 15) is 9.59 Å². The van der Waals surface area contributed by atoms with E-state index in [1.54, 1.807) is 23.2 Å². The maximum atomic E-state index is 12.1. The number of fused-ring (bicyclic) bond motifs is 1. The molecule has 0 aliphatic carbocycles. The van der Waals surface area contributed by atoms with Gasteiger partial charge in [-0.15, -0.1) is 11.3 Å². The molecule has 0 spiro atoms. The molecule has 0 saturated carbocycles. The summed E-state index contributed by atoms with van der Waals surface area (Å²) in [6, 6.07) is 0. The zero-order valence-electron chi connectivity index (χ0n) is 12.9. The van der Waals surface area contributed by atoms with Gasteiger partial charge in [0.25, 0.3) is 0 Å². The van der Waals surface area contributed by atoms with Crippen molar-refractivity contribution in [3.05, 3.63) is 21.4 Å². The van der Waals surface area contributed by atoms with E-state index >= 15 is 0 Å². The summed E-state index contributed by atoms with van der Waals surface area (Å²) in [5.74, 6) is -0.318. The Morgan fingerprint density at radius 2 is 2.10 bits per heavy atom. The minimum Gasteiger partial charge on any atom is -0.462 e. The summed E-state index contributed by atoms with van der Waals surface area (Å²) >= 11 is 1.55. The van der Waals surface area contributed by atoms with Crippen molar-refractivity contribution >= 4 is 23.4 Å². The zero-order chi connectivity index (χ0) is 15.6. The lowest BCUT2D eigenvalue weighted by molar-refractivity contribution is 0.0221. The standard InChI is InChI=1S/C15H21NO4S/c1-5-19-13(17)11-9-21-12-6-7-16(8-10(11)12)14(18)20-15(2,3)4/h9H,5-8H2,1-4H3. The first-order valence-electron chi connectivity index (χ1n) is 7.06. The van der Waals surface area contributed by atoms with Crippen molar-refractivity contribution in [2.75, 3.05) is 13.2 Å². The zero-order valence-corrected chi connectivity index (χ0v) is 13.7. The number of carbonyl (C=O) groups is 2. The van der Waals surface area contributed by atoms with Crippen LogP contribution >= 0.6 is 11.3 Å². The van der Waals surface area contributed by atoms with Crippen molar-refractivity contribution in [3.63, 3.8) is 0 Å². The molecular formula is C15H21NO4S. The highest BCUT2D eigenvalue weighted by Gasteiger charge is 2.29. The number of carbonyl (C=O) groups excluding carboxylic acids is 2. The first-order chi connectivity index (χ1) is 9.81. The molecule has 0 N–H and O–H groups in total. The second kappa shape index (κ2) is 6.05. The van der Waals surface area contributed by atoms with Crippen molar-refractivity contribution in [1.29, 1.82) is 0 Å². The van der Waals surface area contributed by atoms with E-state index in [2.05, 4.69) is 0 Å². The number of thiophene rings is 1. The molecule has 6 heteroatoms. The Morgan fingerprint density at radius 3 is 2.71 bits per heavy atom. The summed E-state index contributed by atoms with van der Waals surface area (Å²) in [4.78, 5) is 26.9. The van der Waals surface area contributed by atoms with Crippen LogP contribution in [-0.4, -0.2) is 35.7 Å². The van der Waals surface area contributed by atoms with Gasteiger partial charge in [-0.05, 0) is 34.1 Å². The van der Waals surface area contributed by atoms with Gasteiger partial charge in [-0.25, -0.2) is 9.59 Å². The molecule has 5 nitrogen and oxygen atoms in total. The van der Waals surface area contributed by atoms with Crippen LogP contribution in [0.1, 0.15) is 48.5 Å². The van der Waals surface area contributed by atoms with Gasteiger partial charge in [-0.1, -0.05) is 0 Å². The predicted molar refractivity (Wildman–Crippen MR) is 80.6 cm³/mol.